The van der Waals surface area contributed by atoms with Gasteiger partial charge in [-0.15, -0.1) is 0 Å². The molecule has 0 saturated heterocycles. The fourth-order valence-corrected chi connectivity index (χ4v) is 2.27. The molecule has 0 radical (unpaired) electrons. The van der Waals surface area contributed by atoms with Crippen LogP contribution >= 0.6 is 0 Å². The van der Waals surface area contributed by atoms with Crippen LogP contribution in [0.4, 0.5) is 0 Å². The number of hydrogen-bond acceptors (Lipinski definition) is 2. The molecule has 0 spiro atoms. The molecule has 0 aromatic rings. The van der Waals surface area contributed by atoms with E-state index in [0.717, 1.165) is 19.1 Å². The Labute approximate surface area is 82.7 Å². The molecule has 78 valence electrons. The maximum Gasteiger partial charge on any atom is 0.0110 e. The standard InChI is InChI=1S/C11H24N2/c1-3-12-9-10-13(4-2)11-7-5-6-8-11/h11-12H,3-10H2,1-2H3. The highest BCUT2D eigenvalue weighted by molar-refractivity contribution is 4.76. The molecule has 0 unspecified atom stereocenters. The summed E-state index contributed by atoms with van der Waals surface area (Å²) >= 11 is 0. The van der Waals surface area contributed by atoms with Crippen LogP contribution in [0.5, 0.6) is 0 Å². The van der Waals surface area contributed by atoms with E-state index < -0.39 is 0 Å². The van der Waals surface area contributed by atoms with E-state index in [1.165, 1.54) is 38.8 Å². The van der Waals surface area contributed by atoms with Crippen molar-refractivity contribution in [2.75, 3.05) is 26.2 Å². The maximum absolute atomic E-state index is 3.39. The average molecular weight is 184 g/mol. The van der Waals surface area contributed by atoms with Gasteiger partial charge in [-0.2, -0.15) is 0 Å². The zero-order chi connectivity index (χ0) is 9.52. The Bertz CT molecular complexity index is 119. The molecule has 1 fully saturated rings. The van der Waals surface area contributed by atoms with Gasteiger partial charge in [0, 0.05) is 19.1 Å². The summed E-state index contributed by atoms with van der Waals surface area (Å²) in [5.41, 5.74) is 0. The molecular weight excluding hydrogens is 160 g/mol. The Balaban J connectivity index is 2.16. The molecule has 1 saturated carbocycles. The number of rotatable bonds is 6. The van der Waals surface area contributed by atoms with E-state index in [9.17, 15) is 0 Å². The third-order valence-electron chi connectivity index (χ3n) is 3.07. The van der Waals surface area contributed by atoms with Gasteiger partial charge in [-0.05, 0) is 25.9 Å². The van der Waals surface area contributed by atoms with Crippen molar-refractivity contribution in [3.8, 4) is 0 Å². The van der Waals surface area contributed by atoms with E-state index in [1.54, 1.807) is 0 Å². The van der Waals surface area contributed by atoms with E-state index in [-0.39, 0.29) is 0 Å². The molecule has 0 aromatic heterocycles. The van der Waals surface area contributed by atoms with E-state index in [2.05, 4.69) is 24.1 Å². The molecule has 13 heavy (non-hydrogen) atoms. The van der Waals surface area contributed by atoms with Crippen LogP contribution < -0.4 is 5.32 Å². The van der Waals surface area contributed by atoms with Gasteiger partial charge in [0.15, 0.2) is 0 Å². The summed E-state index contributed by atoms with van der Waals surface area (Å²) in [6.07, 6.45) is 5.75. The van der Waals surface area contributed by atoms with Crippen LogP contribution in [0.1, 0.15) is 39.5 Å². The first-order valence-corrected chi connectivity index (χ1v) is 5.83. The van der Waals surface area contributed by atoms with Crippen LogP contribution in [0, 0.1) is 0 Å². The average Bonchev–Trinajstić information content (AvgIpc) is 2.65. The molecule has 1 N–H and O–H groups in total. The molecule has 0 aromatic carbocycles. The second-order valence-corrected chi connectivity index (χ2v) is 3.92. The summed E-state index contributed by atoms with van der Waals surface area (Å²) in [7, 11) is 0. The highest BCUT2D eigenvalue weighted by Crippen LogP contribution is 2.22. The van der Waals surface area contributed by atoms with E-state index in [4.69, 9.17) is 0 Å². The van der Waals surface area contributed by atoms with Crippen LogP contribution in [0.25, 0.3) is 0 Å². The Morgan fingerprint density at radius 1 is 1.23 bits per heavy atom. The molecule has 2 heteroatoms. The number of nitrogens with zero attached hydrogens (tertiary/aromatic N) is 1. The van der Waals surface area contributed by atoms with E-state index in [0.29, 0.717) is 0 Å². The lowest BCUT2D eigenvalue weighted by molar-refractivity contribution is 0.210. The van der Waals surface area contributed by atoms with Crippen molar-refractivity contribution in [3.05, 3.63) is 0 Å². The molecule has 0 atom stereocenters. The molecule has 0 bridgehead atoms. The Hall–Kier alpha value is -0.0800. The van der Waals surface area contributed by atoms with Crippen LogP contribution in [0.3, 0.4) is 0 Å². The summed E-state index contributed by atoms with van der Waals surface area (Å²) in [6.45, 7) is 9.16. The number of likely N-dealkylation sites (N-methyl/N-ethyl adjacent to an activating group) is 2. The molecule has 2 nitrogen and oxygen atoms in total. The minimum absolute atomic E-state index is 0.892. The smallest absolute Gasteiger partial charge is 0.0110 e. The van der Waals surface area contributed by atoms with Crippen molar-refractivity contribution in [3.63, 3.8) is 0 Å². The van der Waals surface area contributed by atoms with Gasteiger partial charge in [0.25, 0.3) is 0 Å². The first kappa shape index (κ1) is 11.0. The highest BCUT2D eigenvalue weighted by atomic mass is 15.2. The third kappa shape index (κ3) is 3.65. The van der Waals surface area contributed by atoms with Crippen molar-refractivity contribution in [2.24, 2.45) is 0 Å². The molecular formula is C11H24N2. The van der Waals surface area contributed by atoms with Gasteiger partial charge in [0.05, 0.1) is 0 Å². The maximum atomic E-state index is 3.39. The third-order valence-corrected chi connectivity index (χ3v) is 3.07. The number of hydrogen-bond donors (Lipinski definition) is 1. The largest absolute Gasteiger partial charge is 0.316 e. The van der Waals surface area contributed by atoms with Crippen molar-refractivity contribution >= 4 is 0 Å². The fraction of sp³-hybridized carbons (Fsp3) is 1.00. The minimum Gasteiger partial charge on any atom is -0.316 e. The molecule has 1 rings (SSSR count). The SMILES string of the molecule is CCNCCN(CC)C1CCCC1. The molecule has 0 aliphatic heterocycles. The predicted octanol–water partition coefficient (Wildman–Crippen LogP) is 1.86. The predicted molar refractivity (Wildman–Crippen MR) is 58.0 cm³/mol. The fourth-order valence-electron chi connectivity index (χ4n) is 2.27. The second kappa shape index (κ2) is 6.39. The van der Waals surface area contributed by atoms with E-state index in [1.807, 2.05) is 0 Å². The van der Waals surface area contributed by atoms with Gasteiger partial charge in [-0.25, -0.2) is 0 Å². The van der Waals surface area contributed by atoms with Gasteiger partial charge < -0.3 is 5.32 Å². The van der Waals surface area contributed by atoms with Crippen LogP contribution in [-0.4, -0.2) is 37.1 Å². The van der Waals surface area contributed by atoms with Gasteiger partial charge in [0.1, 0.15) is 0 Å². The Morgan fingerprint density at radius 2 is 1.92 bits per heavy atom. The second-order valence-electron chi connectivity index (χ2n) is 3.92. The summed E-state index contributed by atoms with van der Waals surface area (Å²) in [5.74, 6) is 0. The quantitative estimate of drug-likeness (QED) is 0.634. The lowest BCUT2D eigenvalue weighted by Crippen LogP contribution is -2.38. The molecule has 0 heterocycles. The Kier molecular flexibility index (Phi) is 5.40. The van der Waals surface area contributed by atoms with Gasteiger partial charge in [-0.3, -0.25) is 4.90 Å². The van der Waals surface area contributed by atoms with Crippen LogP contribution in [-0.2, 0) is 0 Å². The summed E-state index contributed by atoms with van der Waals surface area (Å²) in [5, 5.41) is 3.39. The van der Waals surface area contributed by atoms with Gasteiger partial charge in [0.2, 0.25) is 0 Å². The van der Waals surface area contributed by atoms with Crippen molar-refractivity contribution in [2.45, 2.75) is 45.6 Å². The van der Waals surface area contributed by atoms with E-state index >= 15 is 0 Å². The summed E-state index contributed by atoms with van der Waals surface area (Å²) in [4.78, 5) is 2.63. The van der Waals surface area contributed by atoms with Crippen LogP contribution in [0.15, 0.2) is 0 Å². The number of nitrogens with one attached hydrogen (secondary N) is 1. The lowest BCUT2D eigenvalue weighted by atomic mass is 10.2. The zero-order valence-electron chi connectivity index (χ0n) is 9.18. The summed E-state index contributed by atoms with van der Waals surface area (Å²) in [6, 6.07) is 0.892. The lowest BCUT2D eigenvalue weighted by Gasteiger charge is -2.27. The van der Waals surface area contributed by atoms with Gasteiger partial charge in [-0.1, -0.05) is 26.7 Å². The van der Waals surface area contributed by atoms with Gasteiger partial charge >= 0.3 is 0 Å². The first-order valence-electron chi connectivity index (χ1n) is 5.83. The zero-order valence-corrected chi connectivity index (χ0v) is 9.18. The molecule has 0 amide bonds. The van der Waals surface area contributed by atoms with Crippen LogP contribution in [0.2, 0.25) is 0 Å². The summed E-state index contributed by atoms with van der Waals surface area (Å²) < 4.78 is 0. The van der Waals surface area contributed by atoms with Crippen molar-refractivity contribution in [1.29, 1.82) is 0 Å². The normalized spacial score (nSPS) is 18.7. The highest BCUT2D eigenvalue weighted by Gasteiger charge is 2.20. The molecule has 1 aliphatic rings. The monoisotopic (exact) mass is 184 g/mol. The van der Waals surface area contributed by atoms with Crippen molar-refractivity contribution < 1.29 is 0 Å². The minimum atomic E-state index is 0.892. The van der Waals surface area contributed by atoms with Crippen molar-refractivity contribution in [1.82, 2.24) is 10.2 Å². The molecule has 1 aliphatic carbocycles. The first-order chi connectivity index (χ1) is 6.38. The Morgan fingerprint density at radius 3 is 2.46 bits per heavy atom. The topological polar surface area (TPSA) is 15.3 Å².